The number of hydrogen-bond donors (Lipinski definition) is 2. The van der Waals surface area contributed by atoms with Crippen LogP contribution in [-0.2, 0) is 0 Å². The molecule has 1 heterocycles. The van der Waals surface area contributed by atoms with Gasteiger partial charge in [-0.15, -0.1) is 0 Å². The summed E-state index contributed by atoms with van der Waals surface area (Å²) in [6.07, 6.45) is 6.02. The van der Waals surface area contributed by atoms with Crippen LogP contribution in [0.1, 0.15) is 39.0 Å². The van der Waals surface area contributed by atoms with Gasteiger partial charge in [-0.1, -0.05) is 6.92 Å². The molecule has 2 fully saturated rings. The molecule has 0 aromatic rings. The van der Waals surface area contributed by atoms with Crippen molar-refractivity contribution in [2.24, 2.45) is 0 Å². The summed E-state index contributed by atoms with van der Waals surface area (Å²) in [6.45, 7) is 8.62. The third-order valence-corrected chi connectivity index (χ3v) is 5.12. The average Bonchev–Trinajstić information content (AvgIpc) is 2.48. The first-order chi connectivity index (χ1) is 9.23. The van der Waals surface area contributed by atoms with E-state index in [0.29, 0.717) is 6.04 Å². The first-order valence-electron chi connectivity index (χ1n) is 7.99. The minimum Gasteiger partial charge on any atom is -0.394 e. The average molecular weight is 269 g/mol. The Morgan fingerprint density at radius 1 is 1.26 bits per heavy atom. The maximum atomic E-state index is 9.68. The highest BCUT2D eigenvalue weighted by Crippen LogP contribution is 2.31. The van der Waals surface area contributed by atoms with Crippen LogP contribution >= 0.6 is 0 Å². The molecule has 0 amide bonds. The zero-order chi connectivity index (χ0) is 13.7. The van der Waals surface area contributed by atoms with E-state index in [0.717, 1.165) is 12.8 Å². The Labute approximate surface area is 118 Å². The van der Waals surface area contributed by atoms with Gasteiger partial charge in [-0.3, -0.25) is 4.90 Å². The molecule has 4 heteroatoms. The van der Waals surface area contributed by atoms with Crippen molar-refractivity contribution >= 4 is 0 Å². The number of aliphatic hydroxyl groups excluding tert-OH is 1. The molecule has 2 rings (SSSR count). The zero-order valence-corrected chi connectivity index (χ0v) is 12.7. The lowest BCUT2D eigenvalue weighted by atomic mass is 9.79. The van der Waals surface area contributed by atoms with E-state index in [1.54, 1.807) is 0 Å². The lowest BCUT2D eigenvalue weighted by Crippen LogP contribution is -2.57. The van der Waals surface area contributed by atoms with Gasteiger partial charge in [0.15, 0.2) is 0 Å². The van der Waals surface area contributed by atoms with Crippen LogP contribution < -0.4 is 5.32 Å². The Morgan fingerprint density at radius 3 is 2.58 bits per heavy atom. The Balaban J connectivity index is 1.85. The molecule has 19 heavy (non-hydrogen) atoms. The summed E-state index contributed by atoms with van der Waals surface area (Å²) in [5.74, 6) is 0. The molecule has 0 aromatic carbocycles. The molecule has 0 radical (unpaired) electrons. The van der Waals surface area contributed by atoms with Crippen molar-refractivity contribution in [1.29, 1.82) is 0 Å². The third kappa shape index (κ3) is 3.69. The number of likely N-dealkylation sites (N-methyl/N-ethyl adjacent to an activating group) is 1. The first kappa shape index (κ1) is 15.2. The normalized spacial score (nSPS) is 34.6. The van der Waals surface area contributed by atoms with Crippen molar-refractivity contribution in [3.05, 3.63) is 0 Å². The third-order valence-electron chi connectivity index (χ3n) is 5.12. The van der Waals surface area contributed by atoms with Crippen LogP contribution in [-0.4, -0.2) is 72.9 Å². The summed E-state index contributed by atoms with van der Waals surface area (Å²) in [6, 6.07) is 0.664. The number of aliphatic hydroxyl groups is 1. The van der Waals surface area contributed by atoms with E-state index in [1.807, 2.05) is 7.05 Å². The highest BCUT2D eigenvalue weighted by molar-refractivity contribution is 4.96. The van der Waals surface area contributed by atoms with Gasteiger partial charge < -0.3 is 15.3 Å². The largest absolute Gasteiger partial charge is 0.394 e. The minimum absolute atomic E-state index is 0.0243. The Morgan fingerprint density at radius 2 is 2.00 bits per heavy atom. The van der Waals surface area contributed by atoms with Crippen molar-refractivity contribution in [3.8, 4) is 0 Å². The van der Waals surface area contributed by atoms with Crippen molar-refractivity contribution in [2.75, 3.05) is 46.4 Å². The Kier molecular flexibility index (Phi) is 5.63. The van der Waals surface area contributed by atoms with E-state index < -0.39 is 0 Å². The summed E-state index contributed by atoms with van der Waals surface area (Å²) in [5, 5.41) is 13.1. The Bertz CT molecular complexity index is 260. The highest BCUT2D eigenvalue weighted by atomic mass is 16.3. The summed E-state index contributed by atoms with van der Waals surface area (Å²) >= 11 is 0. The smallest absolute Gasteiger partial charge is 0.0613 e. The van der Waals surface area contributed by atoms with E-state index in [-0.39, 0.29) is 12.1 Å². The van der Waals surface area contributed by atoms with Gasteiger partial charge in [-0.2, -0.15) is 0 Å². The lowest BCUT2D eigenvalue weighted by molar-refractivity contribution is 0.0353. The predicted octanol–water partition coefficient (Wildman–Crippen LogP) is 0.907. The SMILES string of the molecule is CCCN1CCN(C2CCCC(CO)(NC)C2)CC1. The second kappa shape index (κ2) is 7.02. The molecular weight excluding hydrogens is 238 g/mol. The standard InChI is InChI=1S/C15H31N3O/c1-3-7-17-8-10-18(11-9-17)14-5-4-6-15(12-14,13-19)16-2/h14,16,19H,3-13H2,1-2H3. The number of piperazine rings is 1. The molecule has 0 aromatic heterocycles. The molecule has 2 unspecified atom stereocenters. The second-order valence-electron chi connectivity index (χ2n) is 6.32. The molecule has 4 nitrogen and oxygen atoms in total. The fourth-order valence-electron chi connectivity index (χ4n) is 3.76. The van der Waals surface area contributed by atoms with E-state index >= 15 is 0 Å². The fourth-order valence-corrected chi connectivity index (χ4v) is 3.76. The van der Waals surface area contributed by atoms with Crippen molar-refractivity contribution in [2.45, 2.75) is 50.6 Å². The number of nitrogens with zero attached hydrogens (tertiary/aromatic N) is 2. The van der Waals surface area contributed by atoms with Gasteiger partial charge in [0.2, 0.25) is 0 Å². The molecule has 1 saturated carbocycles. The van der Waals surface area contributed by atoms with Gasteiger partial charge in [0, 0.05) is 37.8 Å². The van der Waals surface area contributed by atoms with E-state index in [1.165, 1.54) is 52.0 Å². The van der Waals surface area contributed by atoms with E-state index in [9.17, 15) is 5.11 Å². The quantitative estimate of drug-likeness (QED) is 0.778. The van der Waals surface area contributed by atoms with E-state index in [2.05, 4.69) is 22.0 Å². The van der Waals surface area contributed by atoms with Crippen LogP contribution in [0.2, 0.25) is 0 Å². The lowest BCUT2D eigenvalue weighted by Gasteiger charge is -2.46. The van der Waals surface area contributed by atoms with Gasteiger partial charge in [0.1, 0.15) is 0 Å². The van der Waals surface area contributed by atoms with Crippen molar-refractivity contribution in [3.63, 3.8) is 0 Å². The van der Waals surface area contributed by atoms with Crippen LogP contribution in [0.25, 0.3) is 0 Å². The molecule has 1 saturated heterocycles. The van der Waals surface area contributed by atoms with Gasteiger partial charge >= 0.3 is 0 Å². The van der Waals surface area contributed by atoms with Crippen LogP contribution in [0.4, 0.5) is 0 Å². The molecule has 0 bridgehead atoms. The van der Waals surface area contributed by atoms with Gasteiger partial charge in [-0.25, -0.2) is 0 Å². The van der Waals surface area contributed by atoms with Gasteiger partial charge in [-0.05, 0) is 45.7 Å². The molecule has 1 aliphatic heterocycles. The number of rotatable bonds is 5. The molecule has 0 spiro atoms. The topological polar surface area (TPSA) is 38.7 Å². The fraction of sp³-hybridized carbons (Fsp3) is 1.00. The molecular formula is C15H31N3O. The zero-order valence-electron chi connectivity index (χ0n) is 12.7. The molecule has 112 valence electrons. The highest BCUT2D eigenvalue weighted by Gasteiger charge is 2.37. The van der Waals surface area contributed by atoms with Crippen LogP contribution in [0.3, 0.4) is 0 Å². The van der Waals surface area contributed by atoms with Crippen LogP contribution in [0.5, 0.6) is 0 Å². The minimum atomic E-state index is -0.0243. The molecule has 1 aliphatic carbocycles. The van der Waals surface area contributed by atoms with Gasteiger partial charge in [0.05, 0.1) is 6.61 Å². The summed E-state index contributed by atoms with van der Waals surface area (Å²) < 4.78 is 0. The monoisotopic (exact) mass is 269 g/mol. The second-order valence-corrected chi connectivity index (χ2v) is 6.32. The summed E-state index contributed by atoms with van der Waals surface area (Å²) in [5.41, 5.74) is -0.0243. The van der Waals surface area contributed by atoms with Gasteiger partial charge in [0.25, 0.3) is 0 Å². The molecule has 2 aliphatic rings. The van der Waals surface area contributed by atoms with Crippen LogP contribution in [0.15, 0.2) is 0 Å². The number of hydrogen-bond acceptors (Lipinski definition) is 4. The maximum absolute atomic E-state index is 9.68. The molecule has 2 N–H and O–H groups in total. The number of nitrogens with one attached hydrogen (secondary N) is 1. The van der Waals surface area contributed by atoms with Crippen molar-refractivity contribution < 1.29 is 5.11 Å². The van der Waals surface area contributed by atoms with E-state index in [4.69, 9.17) is 0 Å². The summed E-state index contributed by atoms with van der Waals surface area (Å²) in [4.78, 5) is 5.24. The molecule has 2 atom stereocenters. The van der Waals surface area contributed by atoms with Crippen molar-refractivity contribution in [1.82, 2.24) is 15.1 Å². The Hall–Kier alpha value is -0.160. The maximum Gasteiger partial charge on any atom is 0.0613 e. The van der Waals surface area contributed by atoms with Crippen LogP contribution in [0, 0.1) is 0 Å². The first-order valence-corrected chi connectivity index (χ1v) is 7.99. The predicted molar refractivity (Wildman–Crippen MR) is 79.4 cm³/mol. The summed E-state index contributed by atoms with van der Waals surface area (Å²) in [7, 11) is 2.00.